The maximum absolute atomic E-state index is 13.5. The Balaban J connectivity index is 1.53. The molecule has 5 atom stereocenters. The molecule has 0 aromatic heterocycles. The third-order valence-corrected chi connectivity index (χ3v) is 8.61. The normalized spacial score (nSPS) is 22.8. The van der Waals surface area contributed by atoms with Crippen LogP contribution in [0.1, 0.15) is 25.8 Å². The van der Waals surface area contributed by atoms with Crippen LogP contribution in [0.25, 0.3) is 0 Å². The van der Waals surface area contributed by atoms with Crippen LogP contribution in [0.15, 0.2) is 59.5 Å². The molecule has 2 fully saturated rings. The maximum Gasteiger partial charge on any atom is 0.407 e. The largest absolute Gasteiger partial charge is 0.443 e. The molecule has 1 amide bonds. The molecule has 4 rings (SSSR count). The second kappa shape index (κ2) is 12.2. The number of nitrogen functional groups attached to an aromatic ring is 1. The third-order valence-electron chi connectivity index (χ3n) is 6.78. The minimum absolute atomic E-state index is 0.0327. The standard InChI is InChI=1S/C27H37N3O8S/c1-27(2,33)17-30(39(34,35)20-10-8-19(28)9-11-20)15-23(31)22(14-18-6-4-3-5-7-18)29-26(32)38-24-16-37-25-21(24)12-13-36-25/h3-11,21-25,31,33H,12-17,28H2,1-2H3,(H,29,32)/t21-,22-,23+,24-,25+/m0/s1. The number of anilines is 1. The lowest BCUT2D eigenvalue weighted by Gasteiger charge is -2.33. The molecule has 2 saturated heterocycles. The van der Waals surface area contributed by atoms with Crippen LogP contribution in [0, 0.1) is 5.92 Å². The summed E-state index contributed by atoms with van der Waals surface area (Å²) in [5, 5.41) is 24.5. The number of ether oxygens (including phenoxy) is 3. The zero-order chi connectivity index (χ0) is 28.2. The lowest BCUT2D eigenvalue weighted by atomic mass is 10.0. The van der Waals surface area contributed by atoms with Gasteiger partial charge in [-0.15, -0.1) is 0 Å². The van der Waals surface area contributed by atoms with Gasteiger partial charge in [0.2, 0.25) is 10.0 Å². The molecule has 0 radical (unpaired) electrons. The molecule has 5 N–H and O–H groups in total. The SMILES string of the molecule is CC(C)(O)CN(C[C@@H](O)[C@H](Cc1ccccc1)NC(=O)O[C@H]1CO[C@H]2OCC[C@H]21)S(=O)(=O)c1ccc(N)cc1. The predicted octanol–water partition coefficient (Wildman–Crippen LogP) is 1.49. The van der Waals surface area contributed by atoms with Gasteiger partial charge in [-0.2, -0.15) is 4.31 Å². The van der Waals surface area contributed by atoms with E-state index in [-0.39, 0.29) is 43.2 Å². The number of hydrogen-bond acceptors (Lipinski definition) is 9. The molecule has 0 aliphatic carbocycles. The summed E-state index contributed by atoms with van der Waals surface area (Å²) >= 11 is 0. The van der Waals surface area contributed by atoms with Crippen LogP contribution in [-0.2, 0) is 30.7 Å². The van der Waals surface area contributed by atoms with Crippen molar-refractivity contribution in [3.8, 4) is 0 Å². The molecule has 0 spiro atoms. The van der Waals surface area contributed by atoms with Crippen LogP contribution < -0.4 is 11.1 Å². The van der Waals surface area contributed by atoms with Gasteiger partial charge in [-0.1, -0.05) is 30.3 Å². The van der Waals surface area contributed by atoms with Gasteiger partial charge in [-0.25, -0.2) is 13.2 Å². The van der Waals surface area contributed by atoms with Crippen LogP contribution in [0.2, 0.25) is 0 Å². The quantitative estimate of drug-likeness (QED) is 0.297. The zero-order valence-electron chi connectivity index (χ0n) is 22.1. The lowest BCUT2D eigenvalue weighted by Crippen LogP contribution is -2.53. The van der Waals surface area contributed by atoms with Crippen molar-refractivity contribution in [2.45, 2.75) is 61.7 Å². The number of benzene rings is 2. The number of carbonyl (C=O) groups excluding carboxylic acids is 1. The molecule has 2 aromatic carbocycles. The second-order valence-corrected chi connectivity index (χ2v) is 12.6. The first-order chi connectivity index (χ1) is 18.4. The van der Waals surface area contributed by atoms with Crippen molar-refractivity contribution in [3.63, 3.8) is 0 Å². The number of rotatable bonds is 11. The van der Waals surface area contributed by atoms with E-state index in [2.05, 4.69) is 5.32 Å². The summed E-state index contributed by atoms with van der Waals surface area (Å²) in [4.78, 5) is 12.9. The topological polar surface area (TPSA) is 161 Å². The molecular formula is C27H37N3O8S. The van der Waals surface area contributed by atoms with Crippen molar-refractivity contribution >= 4 is 21.8 Å². The van der Waals surface area contributed by atoms with Crippen molar-refractivity contribution in [1.82, 2.24) is 9.62 Å². The third kappa shape index (κ3) is 7.68. The van der Waals surface area contributed by atoms with Crippen LogP contribution in [0.4, 0.5) is 10.5 Å². The van der Waals surface area contributed by atoms with Crippen LogP contribution in [0.3, 0.4) is 0 Å². The number of carbonyl (C=O) groups is 1. The molecule has 39 heavy (non-hydrogen) atoms. The number of sulfonamides is 1. The van der Waals surface area contributed by atoms with Gasteiger partial charge in [-0.3, -0.25) is 0 Å². The Bertz CT molecular complexity index is 1200. The molecular weight excluding hydrogens is 526 g/mol. The number of nitrogens with one attached hydrogen (secondary N) is 1. The highest BCUT2D eigenvalue weighted by Gasteiger charge is 2.44. The monoisotopic (exact) mass is 563 g/mol. The summed E-state index contributed by atoms with van der Waals surface area (Å²) < 4.78 is 44.7. The number of hydrogen-bond donors (Lipinski definition) is 4. The fourth-order valence-electron chi connectivity index (χ4n) is 4.83. The first-order valence-corrected chi connectivity index (χ1v) is 14.4. The smallest absolute Gasteiger partial charge is 0.407 e. The van der Waals surface area contributed by atoms with Gasteiger partial charge >= 0.3 is 6.09 Å². The van der Waals surface area contributed by atoms with Gasteiger partial charge in [0, 0.05) is 18.8 Å². The minimum atomic E-state index is -4.13. The van der Waals surface area contributed by atoms with Gasteiger partial charge in [0.1, 0.15) is 6.10 Å². The fourth-order valence-corrected chi connectivity index (χ4v) is 6.44. The van der Waals surface area contributed by atoms with Crippen LogP contribution in [-0.4, -0.2) is 85.5 Å². The van der Waals surface area contributed by atoms with Gasteiger partial charge in [0.25, 0.3) is 0 Å². The molecule has 2 aliphatic heterocycles. The van der Waals surface area contributed by atoms with E-state index in [0.29, 0.717) is 18.7 Å². The summed E-state index contributed by atoms with van der Waals surface area (Å²) in [5.74, 6) is -0.0550. The summed E-state index contributed by atoms with van der Waals surface area (Å²) in [5.41, 5.74) is 5.55. The number of aliphatic hydroxyl groups is 2. The van der Waals surface area contributed by atoms with E-state index >= 15 is 0 Å². The Morgan fingerprint density at radius 3 is 2.54 bits per heavy atom. The molecule has 2 heterocycles. The highest BCUT2D eigenvalue weighted by Crippen LogP contribution is 2.33. The second-order valence-electron chi connectivity index (χ2n) is 10.7. The van der Waals surface area contributed by atoms with E-state index in [1.54, 1.807) is 0 Å². The highest BCUT2D eigenvalue weighted by atomic mass is 32.2. The summed E-state index contributed by atoms with van der Waals surface area (Å²) in [7, 11) is -4.13. The zero-order valence-corrected chi connectivity index (χ0v) is 22.9. The van der Waals surface area contributed by atoms with Crippen molar-refractivity contribution in [2.75, 3.05) is 32.0 Å². The summed E-state index contributed by atoms with van der Waals surface area (Å²) in [6, 6.07) is 14.0. The molecule has 11 nitrogen and oxygen atoms in total. The minimum Gasteiger partial charge on any atom is -0.443 e. The Kier molecular flexibility index (Phi) is 9.14. The van der Waals surface area contributed by atoms with Gasteiger partial charge in [-0.05, 0) is 56.5 Å². The van der Waals surface area contributed by atoms with Gasteiger partial charge in [0.15, 0.2) is 6.29 Å². The van der Waals surface area contributed by atoms with E-state index in [1.165, 1.54) is 38.1 Å². The van der Waals surface area contributed by atoms with Crippen molar-refractivity contribution < 1.29 is 37.6 Å². The van der Waals surface area contributed by atoms with Gasteiger partial charge < -0.3 is 35.5 Å². The average Bonchev–Trinajstić information content (AvgIpc) is 3.48. The lowest BCUT2D eigenvalue weighted by molar-refractivity contribution is -0.0907. The first-order valence-electron chi connectivity index (χ1n) is 12.9. The van der Waals surface area contributed by atoms with Crippen molar-refractivity contribution in [3.05, 3.63) is 60.2 Å². The number of nitrogens with zero attached hydrogens (tertiary/aromatic N) is 1. The Hall–Kier alpha value is -2.74. The number of nitrogens with two attached hydrogens (primary N) is 1. The predicted molar refractivity (Wildman–Crippen MR) is 143 cm³/mol. The van der Waals surface area contributed by atoms with Crippen molar-refractivity contribution in [1.29, 1.82) is 0 Å². The number of fused-ring (bicyclic) bond motifs is 1. The van der Waals surface area contributed by atoms with E-state index in [0.717, 1.165) is 9.87 Å². The Labute approximate surface area is 228 Å². The van der Waals surface area contributed by atoms with Crippen molar-refractivity contribution in [2.24, 2.45) is 5.92 Å². The maximum atomic E-state index is 13.5. The molecule has 2 aliphatic rings. The Morgan fingerprint density at radius 1 is 1.18 bits per heavy atom. The first kappa shape index (κ1) is 29.2. The summed E-state index contributed by atoms with van der Waals surface area (Å²) in [6.07, 6.45) is -2.02. The van der Waals surface area contributed by atoms with Crippen LogP contribution >= 0.6 is 0 Å². The molecule has 0 saturated carbocycles. The molecule has 214 valence electrons. The van der Waals surface area contributed by atoms with Crippen LogP contribution in [0.5, 0.6) is 0 Å². The molecule has 0 bridgehead atoms. The molecule has 2 aromatic rings. The molecule has 12 heteroatoms. The Morgan fingerprint density at radius 2 is 1.87 bits per heavy atom. The number of alkyl carbamates (subject to hydrolysis) is 1. The van der Waals surface area contributed by atoms with E-state index in [4.69, 9.17) is 19.9 Å². The van der Waals surface area contributed by atoms with E-state index in [1.807, 2.05) is 30.3 Å². The van der Waals surface area contributed by atoms with E-state index in [9.17, 15) is 23.4 Å². The average molecular weight is 564 g/mol. The molecule has 0 unspecified atom stereocenters. The van der Waals surface area contributed by atoms with Gasteiger partial charge in [0.05, 0.1) is 41.8 Å². The number of amides is 1. The number of aliphatic hydroxyl groups excluding tert-OH is 1. The highest BCUT2D eigenvalue weighted by molar-refractivity contribution is 7.89. The summed E-state index contributed by atoms with van der Waals surface area (Å²) in [6.45, 7) is 3.03. The van der Waals surface area contributed by atoms with E-state index < -0.39 is 40.0 Å². The fraction of sp³-hybridized carbons (Fsp3) is 0.519.